The van der Waals surface area contributed by atoms with Gasteiger partial charge < -0.3 is 10.6 Å². The van der Waals surface area contributed by atoms with Gasteiger partial charge in [-0.2, -0.15) is 0 Å². The molecular formula is C16H28N4. The average molecular weight is 276 g/mol. The molecule has 20 heavy (non-hydrogen) atoms. The summed E-state index contributed by atoms with van der Waals surface area (Å²) >= 11 is 0. The number of aromatic nitrogens is 2. The predicted octanol–water partition coefficient (Wildman–Crippen LogP) is 3.94. The molecule has 4 nitrogen and oxygen atoms in total. The SMILES string of the molecule is CCCNc1nc(C2CC2)nc(NC(C)C(C)C)c1C. The van der Waals surface area contributed by atoms with Crippen molar-refractivity contribution in [3.05, 3.63) is 11.4 Å². The van der Waals surface area contributed by atoms with Gasteiger partial charge >= 0.3 is 0 Å². The van der Waals surface area contributed by atoms with Crippen LogP contribution in [-0.2, 0) is 0 Å². The largest absolute Gasteiger partial charge is 0.370 e. The molecule has 1 saturated carbocycles. The van der Waals surface area contributed by atoms with Gasteiger partial charge in [-0.05, 0) is 39.0 Å². The van der Waals surface area contributed by atoms with E-state index in [1.54, 1.807) is 0 Å². The van der Waals surface area contributed by atoms with Crippen LogP contribution in [0.3, 0.4) is 0 Å². The van der Waals surface area contributed by atoms with Gasteiger partial charge in [0.25, 0.3) is 0 Å². The number of anilines is 2. The lowest BCUT2D eigenvalue weighted by Crippen LogP contribution is -2.23. The molecule has 0 aromatic carbocycles. The first-order valence-corrected chi connectivity index (χ1v) is 7.91. The molecule has 0 saturated heterocycles. The number of rotatable bonds is 7. The molecule has 1 fully saturated rings. The second-order valence-electron chi connectivity index (χ2n) is 6.28. The molecule has 0 amide bonds. The maximum atomic E-state index is 4.76. The molecule has 1 unspecified atom stereocenters. The van der Waals surface area contributed by atoms with Crippen molar-refractivity contribution in [1.82, 2.24) is 9.97 Å². The number of hydrogen-bond donors (Lipinski definition) is 2. The first kappa shape index (κ1) is 15.1. The number of nitrogens with one attached hydrogen (secondary N) is 2. The molecule has 0 spiro atoms. The Morgan fingerprint density at radius 2 is 1.80 bits per heavy atom. The summed E-state index contributed by atoms with van der Waals surface area (Å²) in [5, 5.41) is 7.00. The summed E-state index contributed by atoms with van der Waals surface area (Å²) in [6.45, 7) is 11.9. The van der Waals surface area contributed by atoms with Gasteiger partial charge in [0.15, 0.2) is 0 Å². The van der Waals surface area contributed by atoms with E-state index in [1.165, 1.54) is 12.8 Å². The van der Waals surface area contributed by atoms with Crippen molar-refractivity contribution in [3.8, 4) is 0 Å². The van der Waals surface area contributed by atoms with E-state index in [0.29, 0.717) is 17.9 Å². The van der Waals surface area contributed by atoms with Crippen LogP contribution < -0.4 is 10.6 Å². The fourth-order valence-electron chi connectivity index (χ4n) is 2.00. The van der Waals surface area contributed by atoms with Crippen LogP contribution in [0.1, 0.15) is 64.3 Å². The van der Waals surface area contributed by atoms with Gasteiger partial charge in [0, 0.05) is 24.1 Å². The maximum absolute atomic E-state index is 4.76. The number of nitrogens with zero attached hydrogens (tertiary/aromatic N) is 2. The average Bonchev–Trinajstić information content (AvgIpc) is 3.23. The molecule has 1 aromatic heterocycles. The maximum Gasteiger partial charge on any atom is 0.136 e. The van der Waals surface area contributed by atoms with Crippen LogP contribution in [-0.4, -0.2) is 22.6 Å². The van der Waals surface area contributed by atoms with E-state index in [4.69, 9.17) is 9.97 Å². The minimum Gasteiger partial charge on any atom is -0.370 e. The van der Waals surface area contributed by atoms with E-state index in [0.717, 1.165) is 36.0 Å². The van der Waals surface area contributed by atoms with Crippen LogP contribution in [0.25, 0.3) is 0 Å². The molecule has 0 radical (unpaired) electrons. The van der Waals surface area contributed by atoms with Crippen LogP contribution in [0.4, 0.5) is 11.6 Å². The Kier molecular flexibility index (Phi) is 4.84. The highest BCUT2D eigenvalue weighted by atomic mass is 15.1. The van der Waals surface area contributed by atoms with E-state index in [-0.39, 0.29) is 0 Å². The highest BCUT2D eigenvalue weighted by molar-refractivity contribution is 5.58. The molecule has 1 aliphatic rings. The summed E-state index contributed by atoms with van der Waals surface area (Å²) in [4.78, 5) is 9.49. The second kappa shape index (κ2) is 6.42. The first-order valence-electron chi connectivity index (χ1n) is 7.91. The van der Waals surface area contributed by atoms with Crippen LogP contribution in [0.2, 0.25) is 0 Å². The van der Waals surface area contributed by atoms with Crippen LogP contribution in [0, 0.1) is 12.8 Å². The third-order valence-electron chi connectivity index (χ3n) is 4.01. The summed E-state index contributed by atoms with van der Waals surface area (Å²) in [6.07, 6.45) is 3.57. The molecule has 1 atom stereocenters. The standard InChI is InChI=1S/C16H28N4/c1-6-9-17-14-11(4)15(18-12(5)10(2)3)20-16(19-14)13-7-8-13/h10,12-13H,6-9H2,1-5H3,(H2,17,18,19,20). The van der Waals surface area contributed by atoms with E-state index in [9.17, 15) is 0 Å². The molecule has 0 bridgehead atoms. The van der Waals surface area contributed by atoms with Gasteiger partial charge in [-0.3, -0.25) is 0 Å². The summed E-state index contributed by atoms with van der Waals surface area (Å²) < 4.78 is 0. The van der Waals surface area contributed by atoms with Crippen LogP contribution >= 0.6 is 0 Å². The Morgan fingerprint density at radius 3 is 2.35 bits per heavy atom. The quantitative estimate of drug-likeness (QED) is 0.792. The monoisotopic (exact) mass is 276 g/mol. The van der Waals surface area contributed by atoms with Crippen LogP contribution in [0.15, 0.2) is 0 Å². The predicted molar refractivity (Wildman–Crippen MR) is 85.4 cm³/mol. The lowest BCUT2D eigenvalue weighted by atomic mass is 10.1. The minimum absolute atomic E-state index is 0.412. The topological polar surface area (TPSA) is 49.8 Å². The first-order chi connectivity index (χ1) is 9.52. The zero-order valence-corrected chi connectivity index (χ0v) is 13.5. The molecule has 1 heterocycles. The highest BCUT2D eigenvalue weighted by Crippen LogP contribution is 2.39. The van der Waals surface area contributed by atoms with Crippen molar-refractivity contribution < 1.29 is 0 Å². The number of hydrogen-bond acceptors (Lipinski definition) is 4. The van der Waals surface area contributed by atoms with Crippen molar-refractivity contribution in [3.63, 3.8) is 0 Å². The van der Waals surface area contributed by atoms with Gasteiger partial charge in [-0.15, -0.1) is 0 Å². The van der Waals surface area contributed by atoms with E-state index in [2.05, 4.69) is 45.3 Å². The Hall–Kier alpha value is -1.32. The van der Waals surface area contributed by atoms with E-state index >= 15 is 0 Å². The Labute approximate surface area is 122 Å². The summed E-state index contributed by atoms with van der Waals surface area (Å²) in [5.74, 6) is 4.17. The van der Waals surface area contributed by atoms with Crippen molar-refractivity contribution in [2.24, 2.45) is 5.92 Å². The molecule has 4 heteroatoms. The minimum atomic E-state index is 0.412. The Bertz CT molecular complexity index is 452. The van der Waals surface area contributed by atoms with E-state index < -0.39 is 0 Å². The lowest BCUT2D eigenvalue weighted by Gasteiger charge is -2.21. The summed E-state index contributed by atoms with van der Waals surface area (Å²) in [7, 11) is 0. The third-order valence-corrected chi connectivity index (χ3v) is 4.01. The Morgan fingerprint density at radius 1 is 1.15 bits per heavy atom. The lowest BCUT2D eigenvalue weighted by molar-refractivity contribution is 0.557. The van der Waals surface area contributed by atoms with Gasteiger partial charge in [0.1, 0.15) is 17.5 Å². The second-order valence-corrected chi connectivity index (χ2v) is 6.28. The van der Waals surface area contributed by atoms with E-state index in [1.807, 2.05) is 0 Å². The van der Waals surface area contributed by atoms with Crippen molar-refractivity contribution in [2.75, 3.05) is 17.2 Å². The van der Waals surface area contributed by atoms with Gasteiger partial charge in [-0.1, -0.05) is 20.8 Å². The van der Waals surface area contributed by atoms with Crippen molar-refractivity contribution in [2.45, 2.75) is 65.8 Å². The molecule has 2 rings (SSSR count). The summed E-state index contributed by atoms with van der Waals surface area (Å²) in [5.41, 5.74) is 1.13. The fourth-order valence-corrected chi connectivity index (χ4v) is 2.00. The molecule has 1 aliphatic carbocycles. The zero-order valence-electron chi connectivity index (χ0n) is 13.5. The fraction of sp³-hybridized carbons (Fsp3) is 0.750. The van der Waals surface area contributed by atoms with Crippen molar-refractivity contribution >= 4 is 11.6 Å². The van der Waals surface area contributed by atoms with Crippen LogP contribution in [0.5, 0.6) is 0 Å². The summed E-state index contributed by atoms with van der Waals surface area (Å²) in [6, 6.07) is 0.412. The van der Waals surface area contributed by atoms with Gasteiger partial charge in [0.05, 0.1) is 0 Å². The smallest absolute Gasteiger partial charge is 0.136 e. The highest BCUT2D eigenvalue weighted by Gasteiger charge is 2.28. The normalized spacial score (nSPS) is 16.3. The van der Waals surface area contributed by atoms with Gasteiger partial charge in [0.2, 0.25) is 0 Å². The molecule has 0 aliphatic heterocycles. The molecule has 112 valence electrons. The molecule has 1 aromatic rings. The zero-order chi connectivity index (χ0) is 14.7. The molecular weight excluding hydrogens is 248 g/mol. The van der Waals surface area contributed by atoms with Crippen molar-refractivity contribution in [1.29, 1.82) is 0 Å². The molecule has 2 N–H and O–H groups in total. The van der Waals surface area contributed by atoms with Gasteiger partial charge in [-0.25, -0.2) is 9.97 Å². The third kappa shape index (κ3) is 3.62. The Balaban J connectivity index is 2.25.